The molecule has 1 aromatic rings. The molecule has 4 heteroatoms. The van der Waals surface area contributed by atoms with Crippen LogP contribution < -0.4 is 0 Å². The summed E-state index contributed by atoms with van der Waals surface area (Å²) in [6.07, 6.45) is 3.96. The lowest BCUT2D eigenvalue weighted by Crippen LogP contribution is -1.80. The van der Waals surface area contributed by atoms with Crippen LogP contribution in [0.3, 0.4) is 0 Å². The molecule has 0 aromatic heterocycles. The molecule has 0 saturated heterocycles. The molecule has 1 aromatic carbocycles. The van der Waals surface area contributed by atoms with Crippen LogP contribution in [0.2, 0.25) is 10.0 Å². The predicted molar refractivity (Wildman–Crippen MR) is 70.3 cm³/mol. The Balaban J connectivity index is 2.16. The van der Waals surface area contributed by atoms with Crippen molar-refractivity contribution in [2.24, 2.45) is 4.99 Å². The summed E-state index contributed by atoms with van der Waals surface area (Å²) in [7, 11) is 0. The first kappa shape index (κ1) is 11.1. The number of halogens is 2. The van der Waals surface area contributed by atoms with E-state index in [1.807, 2.05) is 24.3 Å². The van der Waals surface area contributed by atoms with Gasteiger partial charge in [-0.25, -0.2) is 0 Å². The first-order chi connectivity index (χ1) is 7.25. The van der Waals surface area contributed by atoms with E-state index in [2.05, 4.69) is 4.99 Å². The smallest absolute Gasteiger partial charge is 0.0905 e. The van der Waals surface area contributed by atoms with Crippen molar-refractivity contribution in [2.75, 3.05) is 12.3 Å². The van der Waals surface area contributed by atoms with Gasteiger partial charge in [-0.3, -0.25) is 4.99 Å². The van der Waals surface area contributed by atoms with Gasteiger partial charge in [-0.05, 0) is 23.8 Å². The number of benzene rings is 1. The second-order valence-corrected chi connectivity index (χ2v) is 5.03. The maximum absolute atomic E-state index is 6.03. The summed E-state index contributed by atoms with van der Waals surface area (Å²) in [4.78, 5) is 4.32. The van der Waals surface area contributed by atoms with Gasteiger partial charge in [0.25, 0.3) is 0 Å². The van der Waals surface area contributed by atoms with Gasteiger partial charge in [0, 0.05) is 22.3 Å². The van der Waals surface area contributed by atoms with Crippen molar-refractivity contribution in [3.63, 3.8) is 0 Å². The van der Waals surface area contributed by atoms with E-state index in [1.54, 1.807) is 17.8 Å². The highest BCUT2D eigenvalue weighted by Crippen LogP contribution is 2.23. The van der Waals surface area contributed by atoms with Crippen LogP contribution in [0.1, 0.15) is 5.56 Å². The van der Waals surface area contributed by atoms with Gasteiger partial charge in [0.05, 0.1) is 5.04 Å². The zero-order chi connectivity index (χ0) is 10.7. The first-order valence-corrected chi connectivity index (χ1v) is 6.30. The Kier molecular flexibility index (Phi) is 3.73. The average molecular weight is 258 g/mol. The van der Waals surface area contributed by atoms with Crippen LogP contribution in [0.5, 0.6) is 0 Å². The summed E-state index contributed by atoms with van der Waals surface area (Å²) >= 11 is 13.6. The van der Waals surface area contributed by atoms with Gasteiger partial charge in [0.2, 0.25) is 0 Å². The van der Waals surface area contributed by atoms with Crippen LogP contribution in [0.4, 0.5) is 0 Å². The number of thioether (sulfide) groups is 1. The molecule has 0 atom stereocenters. The van der Waals surface area contributed by atoms with E-state index in [1.165, 1.54) is 0 Å². The lowest BCUT2D eigenvalue weighted by Gasteiger charge is -1.98. The van der Waals surface area contributed by atoms with E-state index >= 15 is 0 Å². The fraction of sp³-hybridized carbons (Fsp3) is 0.182. The monoisotopic (exact) mass is 257 g/mol. The first-order valence-electron chi connectivity index (χ1n) is 4.56. The van der Waals surface area contributed by atoms with Crippen molar-refractivity contribution in [1.29, 1.82) is 0 Å². The van der Waals surface area contributed by atoms with E-state index in [-0.39, 0.29) is 0 Å². The predicted octanol–water partition coefficient (Wildman–Crippen LogP) is 4.15. The molecule has 1 aliphatic heterocycles. The molecule has 0 saturated carbocycles. The summed E-state index contributed by atoms with van der Waals surface area (Å²) in [5.41, 5.74) is 0.969. The normalized spacial score (nSPS) is 16.0. The topological polar surface area (TPSA) is 12.4 Å². The number of aliphatic imine (C=N–C) groups is 1. The second kappa shape index (κ2) is 5.06. The van der Waals surface area contributed by atoms with Gasteiger partial charge in [0.15, 0.2) is 0 Å². The molecular weight excluding hydrogens is 249 g/mol. The highest BCUT2D eigenvalue weighted by Gasteiger charge is 2.03. The minimum atomic E-state index is 0.657. The molecule has 0 radical (unpaired) electrons. The van der Waals surface area contributed by atoms with Gasteiger partial charge < -0.3 is 0 Å². The van der Waals surface area contributed by atoms with E-state index in [0.29, 0.717) is 10.0 Å². The van der Waals surface area contributed by atoms with E-state index in [0.717, 1.165) is 22.9 Å². The maximum atomic E-state index is 6.03. The largest absolute Gasteiger partial charge is 0.278 e. The Morgan fingerprint density at radius 3 is 2.80 bits per heavy atom. The quantitative estimate of drug-likeness (QED) is 0.776. The zero-order valence-corrected chi connectivity index (χ0v) is 10.2. The van der Waals surface area contributed by atoms with Crippen molar-refractivity contribution >= 4 is 46.1 Å². The molecular formula is C11H9Cl2NS. The molecule has 0 unspecified atom stereocenters. The molecule has 78 valence electrons. The zero-order valence-electron chi connectivity index (χ0n) is 7.91. The van der Waals surface area contributed by atoms with Crippen LogP contribution in [0, 0.1) is 0 Å². The lowest BCUT2D eigenvalue weighted by atomic mass is 10.2. The van der Waals surface area contributed by atoms with E-state index in [9.17, 15) is 0 Å². The minimum absolute atomic E-state index is 0.657. The number of rotatable bonds is 2. The molecule has 1 heterocycles. The van der Waals surface area contributed by atoms with Crippen molar-refractivity contribution in [3.05, 3.63) is 39.9 Å². The van der Waals surface area contributed by atoms with Crippen molar-refractivity contribution in [3.8, 4) is 0 Å². The number of hydrogen-bond acceptors (Lipinski definition) is 2. The summed E-state index contributed by atoms with van der Waals surface area (Å²) in [6, 6.07) is 5.48. The fourth-order valence-corrected chi connectivity index (χ4v) is 2.46. The van der Waals surface area contributed by atoms with Crippen LogP contribution in [0.15, 0.2) is 29.3 Å². The molecule has 2 rings (SSSR count). The summed E-state index contributed by atoms with van der Waals surface area (Å²) in [6.45, 7) is 0.915. The standard InChI is InChI=1S/C11H9Cl2NS/c12-9-3-1-8(10(13)7-9)2-4-11-14-5-6-15-11/h1-4,7H,5-6H2/b4-2+. The Hall–Kier alpha value is -0.440. The molecule has 0 amide bonds. The maximum Gasteiger partial charge on any atom is 0.0905 e. The van der Waals surface area contributed by atoms with E-state index < -0.39 is 0 Å². The second-order valence-electron chi connectivity index (χ2n) is 3.07. The third kappa shape index (κ3) is 3.00. The average Bonchev–Trinajstić information content (AvgIpc) is 2.69. The third-order valence-electron chi connectivity index (χ3n) is 1.98. The number of nitrogens with zero attached hydrogens (tertiary/aromatic N) is 1. The molecule has 0 fully saturated rings. The molecule has 0 bridgehead atoms. The Morgan fingerprint density at radius 2 is 2.13 bits per heavy atom. The Bertz CT molecular complexity index is 427. The van der Waals surface area contributed by atoms with Gasteiger partial charge in [0.1, 0.15) is 0 Å². The van der Waals surface area contributed by atoms with Crippen LogP contribution in [0.25, 0.3) is 6.08 Å². The molecule has 0 N–H and O–H groups in total. The minimum Gasteiger partial charge on any atom is -0.278 e. The molecule has 1 aliphatic rings. The molecule has 0 spiro atoms. The van der Waals surface area contributed by atoms with Gasteiger partial charge in [-0.1, -0.05) is 35.3 Å². The van der Waals surface area contributed by atoms with Crippen molar-refractivity contribution < 1.29 is 0 Å². The van der Waals surface area contributed by atoms with Gasteiger partial charge in [-0.15, -0.1) is 11.8 Å². The molecule has 15 heavy (non-hydrogen) atoms. The Labute approximate surface area is 103 Å². The van der Waals surface area contributed by atoms with Crippen LogP contribution >= 0.6 is 35.0 Å². The lowest BCUT2D eigenvalue weighted by molar-refractivity contribution is 1.18. The van der Waals surface area contributed by atoms with Gasteiger partial charge in [-0.2, -0.15) is 0 Å². The summed E-state index contributed by atoms with van der Waals surface area (Å²) in [5.74, 6) is 1.08. The SMILES string of the molecule is Clc1ccc(/C=C/C2=NCCS2)c(Cl)c1. The van der Waals surface area contributed by atoms with Crippen molar-refractivity contribution in [2.45, 2.75) is 0 Å². The summed E-state index contributed by atoms with van der Waals surface area (Å²) < 4.78 is 0. The van der Waals surface area contributed by atoms with Crippen LogP contribution in [-0.2, 0) is 0 Å². The van der Waals surface area contributed by atoms with Gasteiger partial charge >= 0.3 is 0 Å². The van der Waals surface area contributed by atoms with E-state index in [4.69, 9.17) is 23.2 Å². The van der Waals surface area contributed by atoms with Crippen molar-refractivity contribution in [1.82, 2.24) is 0 Å². The number of hydrogen-bond donors (Lipinski definition) is 0. The fourth-order valence-electron chi connectivity index (χ4n) is 1.25. The molecule has 1 nitrogen and oxygen atoms in total. The Morgan fingerprint density at radius 1 is 1.27 bits per heavy atom. The highest BCUT2D eigenvalue weighted by atomic mass is 35.5. The molecule has 0 aliphatic carbocycles. The third-order valence-corrected chi connectivity index (χ3v) is 3.49. The van der Waals surface area contributed by atoms with Crippen LogP contribution in [-0.4, -0.2) is 17.3 Å². The highest BCUT2D eigenvalue weighted by molar-refractivity contribution is 8.14. The summed E-state index contributed by atoms with van der Waals surface area (Å²) in [5, 5.41) is 2.40.